The van der Waals surface area contributed by atoms with Crippen molar-refractivity contribution in [1.82, 2.24) is 4.90 Å². The van der Waals surface area contributed by atoms with E-state index in [4.69, 9.17) is 0 Å². The van der Waals surface area contributed by atoms with Crippen LogP contribution in [-0.4, -0.2) is 22.8 Å². The molecule has 2 aromatic carbocycles. The molecule has 0 saturated heterocycles. The monoisotopic (exact) mass is 364 g/mol. The number of hydrogen-bond acceptors (Lipinski definition) is 2. The maximum Gasteiger partial charge on any atom is 0.247 e. The Morgan fingerprint density at radius 3 is 2.56 bits per heavy atom. The molecule has 0 spiro atoms. The van der Waals surface area contributed by atoms with Gasteiger partial charge in [0, 0.05) is 25.1 Å². The van der Waals surface area contributed by atoms with Gasteiger partial charge in [0.15, 0.2) is 0 Å². The van der Waals surface area contributed by atoms with Gasteiger partial charge in [0.2, 0.25) is 11.8 Å². The molecule has 27 heavy (non-hydrogen) atoms. The lowest BCUT2D eigenvalue weighted by molar-refractivity contribution is -0.140. The number of carbonyl (C=O) groups is 2. The minimum atomic E-state index is -0.476. The van der Waals surface area contributed by atoms with Crippen LogP contribution in [0.25, 0.3) is 0 Å². The number of anilines is 1. The molecule has 142 valence electrons. The molecule has 1 aliphatic heterocycles. The summed E-state index contributed by atoms with van der Waals surface area (Å²) in [6.45, 7) is 6.64. The second-order valence-corrected chi connectivity index (χ2v) is 7.65. The van der Waals surface area contributed by atoms with Crippen LogP contribution in [0.15, 0.2) is 48.5 Å². The first-order valence-electron chi connectivity index (χ1n) is 9.74. The number of rotatable bonds is 5. The number of benzene rings is 2. The van der Waals surface area contributed by atoms with Crippen molar-refractivity contribution in [3.63, 3.8) is 0 Å². The zero-order valence-electron chi connectivity index (χ0n) is 16.4. The van der Waals surface area contributed by atoms with Crippen LogP contribution in [0.2, 0.25) is 0 Å². The van der Waals surface area contributed by atoms with E-state index in [1.807, 2.05) is 56.3 Å². The lowest BCUT2D eigenvalue weighted by Gasteiger charge is -2.36. The van der Waals surface area contributed by atoms with E-state index in [1.54, 1.807) is 4.90 Å². The Balaban J connectivity index is 1.84. The van der Waals surface area contributed by atoms with E-state index in [1.165, 1.54) is 5.56 Å². The quantitative estimate of drug-likeness (QED) is 0.865. The molecule has 4 heteroatoms. The number of carbonyl (C=O) groups excluding carboxylic acids is 2. The molecular formula is C23H28N2O2. The number of amides is 2. The number of hydrogen-bond donors (Lipinski definition) is 1. The predicted octanol–water partition coefficient (Wildman–Crippen LogP) is 4.19. The number of nitrogens with zero attached hydrogens (tertiary/aromatic N) is 1. The molecule has 3 rings (SSSR count). The van der Waals surface area contributed by atoms with Crippen LogP contribution in [0.3, 0.4) is 0 Å². The Morgan fingerprint density at radius 1 is 1.11 bits per heavy atom. The van der Waals surface area contributed by atoms with Crippen LogP contribution < -0.4 is 5.32 Å². The van der Waals surface area contributed by atoms with E-state index in [9.17, 15) is 9.59 Å². The number of nitrogens with one attached hydrogen (secondary N) is 1. The molecule has 1 unspecified atom stereocenters. The minimum absolute atomic E-state index is 0.0435. The van der Waals surface area contributed by atoms with Gasteiger partial charge in [0.25, 0.3) is 0 Å². The van der Waals surface area contributed by atoms with Crippen LogP contribution in [0.1, 0.15) is 43.9 Å². The summed E-state index contributed by atoms with van der Waals surface area (Å²) in [6.07, 6.45) is 1.93. The summed E-state index contributed by atoms with van der Waals surface area (Å²) in [5, 5.41) is 3.02. The molecule has 1 heterocycles. The molecule has 0 aliphatic carbocycles. The average Bonchev–Trinajstić information content (AvgIpc) is 2.66. The van der Waals surface area contributed by atoms with Gasteiger partial charge >= 0.3 is 0 Å². The van der Waals surface area contributed by atoms with E-state index in [2.05, 4.69) is 18.3 Å². The Labute approximate surface area is 161 Å². The van der Waals surface area contributed by atoms with Crippen molar-refractivity contribution >= 4 is 17.5 Å². The SMILES string of the molecule is CCc1cccc(NC(=O)C2Cc3ccccc3CN2C(=O)CC(C)C)c1. The van der Waals surface area contributed by atoms with Crippen molar-refractivity contribution in [2.45, 2.75) is 52.6 Å². The van der Waals surface area contributed by atoms with Crippen LogP contribution in [0, 0.1) is 5.92 Å². The summed E-state index contributed by atoms with van der Waals surface area (Å²) >= 11 is 0. The fraction of sp³-hybridized carbons (Fsp3) is 0.391. The molecule has 4 nitrogen and oxygen atoms in total. The topological polar surface area (TPSA) is 49.4 Å². The molecule has 1 aliphatic rings. The lowest BCUT2D eigenvalue weighted by atomic mass is 9.92. The highest BCUT2D eigenvalue weighted by molar-refractivity contribution is 5.97. The Morgan fingerprint density at radius 2 is 1.85 bits per heavy atom. The molecule has 1 N–H and O–H groups in total. The van der Waals surface area contributed by atoms with Crippen LogP contribution in [0.5, 0.6) is 0 Å². The Bertz CT molecular complexity index is 829. The summed E-state index contributed by atoms with van der Waals surface area (Å²) in [4.78, 5) is 27.7. The van der Waals surface area contributed by atoms with Crippen molar-refractivity contribution in [2.24, 2.45) is 5.92 Å². The molecule has 0 bridgehead atoms. The molecule has 0 saturated carbocycles. The molecule has 0 aromatic heterocycles. The molecule has 0 fully saturated rings. The van der Waals surface area contributed by atoms with E-state index >= 15 is 0 Å². The van der Waals surface area contributed by atoms with E-state index in [0.717, 1.165) is 23.2 Å². The minimum Gasteiger partial charge on any atom is -0.326 e. The number of fused-ring (bicyclic) bond motifs is 1. The highest BCUT2D eigenvalue weighted by atomic mass is 16.2. The zero-order chi connectivity index (χ0) is 19.4. The van der Waals surface area contributed by atoms with Gasteiger partial charge in [-0.25, -0.2) is 0 Å². The van der Waals surface area contributed by atoms with Crippen molar-refractivity contribution in [3.05, 3.63) is 65.2 Å². The molecule has 2 aromatic rings. The van der Waals surface area contributed by atoms with E-state index in [-0.39, 0.29) is 17.7 Å². The first-order chi connectivity index (χ1) is 13.0. The summed E-state index contributed by atoms with van der Waals surface area (Å²) in [7, 11) is 0. The fourth-order valence-electron chi connectivity index (χ4n) is 3.58. The predicted molar refractivity (Wildman–Crippen MR) is 108 cm³/mol. The summed E-state index contributed by atoms with van der Waals surface area (Å²) < 4.78 is 0. The third-order valence-electron chi connectivity index (χ3n) is 5.06. The highest BCUT2D eigenvalue weighted by Gasteiger charge is 2.34. The standard InChI is InChI=1S/C23H28N2O2/c1-4-17-8-7-11-20(13-17)24-23(27)21-14-18-9-5-6-10-19(18)15-25(21)22(26)12-16(2)3/h5-11,13,16,21H,4,12,14-15H2,1-3H3,(H,24,27). The largest absolute Gasteiger partial charge is 0.326 e. The van der Waals surface area contributed by atoms with Crippen molar-refractivity contribution < 1.29 is 9.59 Å². The van der Waals surface area contributed by atoms with Gasteiger partial charge in [-0.15, -0.1) is 0 Å². The molecular weight excluding hydrogens is 336 g/mol. The molecule has 2 amide bonds. The van der Waals surface area contributed by atoms with Gasteiger partial charge in [-0.05, 0) is 41.2 Å². The third-order valence-corrected chi connectivity index (χ3v) is 5.06. The lowest BCUT2D eigenvalue weighted by Crippen LogP contribution is -2.50. The van der Waals surface area contributed by atoms with Gasteiger partial charge in [-0.2, -0.15) is 0 Å². The molecule has 1 atom stereocenters. The first kappa shape index (κ1) is 19.2. The van der Waals surface area contributed by atoms with Gasteiger partial charge in [0.05, 0.1) is 0 Å². The smallest absolute Gasteiger partial charge is 0.247 e. The van der Waals surface area contributed by atoms with Gasteiger partial charge in [-0.1, -0.05) is 57.2 Å². The third kappa shape index (κ3) is 4.57. The second-order valence-electron chi connectivity index (χ2n) is 7.65. The van der Waals surface area contributed by atoms with Crippen LogP contribution >= 0.6 is 0 Å². The summed E-state index contributed by atoms with van der Waals surface area (Å²) in [6, 6.07) is 15.5. The normalized spacial score (nSPS) is 16.1. The van der Waals surface area contributed by atoms with Gasteiger partial charge < -0.3 is 10.2 Å². The zero-order valence-corrected chi connectivity index (χ0v) is 16.4. The van der Waals surface area contributed by atoms with Crippen LogP contribution in [0.4, 0.5) is 5.69 Å². The van der Waals surface area contributed by atoms with E-state index < -0.39 is 6.04 Å². The fourth-order valence-corrected chi connectivity index (χ4v) is 3.58. The van der Waals surface area contributed by atoms with Crippen molar-refractivity contribution in [1.29, 1.82) is 0 Å². The average molecular weight is 364 g/mol. The molecule has 0 radical (unpaired) electrons. The van der Waals surface area contributed by atoms with Gasteiger partial charge in [0.1, 0.15) is 6.04 Å². The highest BCUT2D eigenvalue weighted by Crippen LogP contribution is 2.26. The maximum atomic E-state index is 13.1. The Hall–Kier alpha value is -2.62. The first-order valence-corrected chi connectivity index (χ1v) is 9.74. The van der Waals surface area contributed by atoms with Crippen molar-refractivity contribution in [3.8, 4) is 0 Å². The van der Waals surface area contributed by atoms with Crippen molar-refractivity contribution in [2.75, 3.05) is 5.32 Å². The van der Waals surface area contributed by atoms with Crippen LogP contribution in [-0.2, 0) is 29.0 Å². The Kier molecular flexibility index (Phi) is 5.94. The summed E-state index contributed by atoms with van der Waals surface area (Å²) in [5.74, 6) is 0.191. The van der Waals surface area contributed by atoms with E-state index in [0.29, 0.717) is 19.4 Å². The summed E-state index contributed by atoms with van der Waals surface area (Å²) in [5.41, 5.74) is 4.24. The maximum absolute atomic E-state index is 13.1. The second kappa shape index (κ2) is 8.38. The number of aryl methyl sites for hydroxylation is 1. The van der Waals surface area contributed by atoms with Gasteiger partial charge in [-0.3, -0.25) is 9.59 Å².